The van der Waals surface area contributed by atoms with Gasteiger partial charge in [0.2, 0.25) is 0 Å². The lowest BCUT2D eigenvalue weighted by Crippen LogP contribution is -2.49. The Hall–Kier alpha value is -0.770. The molecule has 92 valence electrons. The summed E-state index contributed by atoms with van der Waals surface area (Å²) in [6, 6.07) is 0.804. The number of carbonyl (C=O) groups is 1. The van der Waals surface area contributed by atoms with Crippen molar-refractivity contribution in [2.24, 2.45) is 0 Å². The number of hydrogen-bond acceptors (Lipinski definition) is 2. The second-order valence-electron chi connectivity index (χ2n) is 4.87. The number of amides is 2. The molecule has 0 atom stereocenters. The van der Waals surface area contributed by atoms with Gasteiger partial charge in [0.05, 0.1) is 0 Å². The average molecular weight is 225 g/mol. The maximum atomic E-state index is 11.5. The van der Waals surface area contributed by atoms with Crippen LogP contribution in [0.25, 0.3) is 0 Å². The highest BCUT2D eigenvalue weighted by atomic mass is 16.2. The minimum absolute atomic E-state index is 0.0806. The molecule has 0 spiro atoms. The predicted molar refractivity (Wildman–Crippen MR) is 64.5 cm³/mol. The Labute approximate surface area is 98.0 Å². The highest BCUT2D eigenvalue weighted by molar-refractivity contribution is 5.73. The first-order chi connectivity index (χ1) is 7.81. The number of hydrogen-bond donors (Lipinski definition) is 1. The Morgan fingerprint density at radius 2 is 1.69 bits per heavy atom. The molecule has 0 bridgehead atoms. The summed E-state index contributed by atoms with van der Waals surface area (Å²) < 4.78 is 0. The molecule has 16 heavy (non-hydrogen) atoms. The van der Waals surface area contributed by atoms with E-state index in [1.807, 2.05) is 4.90 Å². The Kier molecular flexibility index (Phi) is 4.04. The molecule has 2 fully saturated rings. The molecule has 1 N–H and O–H groups in total. The average Bonchev–Trinajstić information content (AvgIpc) is 2.39. The molecule has 0 aromatic heterocycles. The van der Waals surface area contributed by atoms with E-state index in [1.54, 1.807) is 7.05 Å². The molecular formula is C12H23N3O. The molecule has 4 nitrogen and oxygen atoms in total. The normalized spacial score (nSPS) is 24.4. The van der Waals surface area contributed by atoms with E-state index in [-0.39, 0.29) is 6.03 Å². The first-order valence-electron chi connectivity index (χ1n) is 6.52. The van der Waals surface area contributed by atoms with E-state index in [1.165, 1.54) is 32.4 Å². The van der Waals surface area contributed by atoms with Gasteiger partial charge in [-0.1, -0.05) is 6.42 Å². The minimum atomic E-state index is 0.0806. The van der Waals surface area contributed by atoms with Gasteiger partial charge in [-0.15, -0.1) is 0 Å². The van der Waals surface area contributed by atoms with Gasteiger partial charge in [-0.2, -0.15) is 0 Å². The van der Waals surface area contributed by atoms with Gasteiger partial charge in [-0.25, -0.2) is 4.79 Å². The van der Waals surface area contributed by atoms with Crippen LogP contribution >= 0.6 is 0 Å². The summed E-state index contributed by atoms with van der Waals surface area (Å²) in [7, 11) is 1.71. The van der Waals surface area contributed by atoms with Gasteiger partial charge < -0.3 is 15.1 Å². The van der Waals surface area contributed by atoms with E-state index in [0.717, 1.165) is 32.0 Å². The Bertz CT molecular complexity index is 230. The number of nitrogens with one attached hydrogen (secondary N) is 1. The number of carbonyl (C=O) groups excluding carboxylic acids is 1. The van der Waals surface area contributed by atoms with Gasteiger partial charge in [0.1, 0.15) is 0 Å². The predicted octanol–water partition coefficient (Wildman–Crippen LogP) is 1.28. The summed E-state index contributed by atoms with van der Waals surface area (Å²) in [4.78, 5) is 16.0. The third-order valence-electron chi connectivity index (χ3n) is 3.87. The van der Waals surface area contributed by atoms with Crippen molar-refractivity contribution in [3.63, 3.8) is 0 Å². The van der Waals surface area contributed by atoms with Crippen LogP contribution in [0.3, 0.4) is 0 Å². The summed E-state index contributed by atoms with van der Waals surface area (Å²) in [5.41, 5.74) is 0. The minimum Gasteiger partial charge on any atom is -0.341 e. The lowest BCUT2D eigenvalue weighted by atomic mass is 10.0. The van der Waals surface area contributed by atoms with E-state index < -0.39 is 0 Å². The number of piperidine rings is 2. The zero-order valence-corrected chi connectivity index (χ0v) is 10.2. The van der Waals surface area contributed by atoms with Crippen molar-refractivity contribution in [2.75, 3.05) is 33.2 Å². The Morgan fingerprint density at radius 1 is 1.06 bits per heavy atom. The Morgan fingerprint density at radius 3 is 2.25 bits per heavy atom. The lowest BCUT2D eigenvalue weighted by Gasteiger charge is -2.40. The molecule has 2 aliphatic rings. The number of likely N-dealkylation sites (tertiary alicyclic amines) is 2. The van der Waals surface area contributed by atoms with Crippen molar-refractivity contribution in [1.82, 2.24) is 15.1 Å². The van der Waals surface area contributed by atoms with Gasteiger partial charge in [0.15, 0.2) is 0 Å². The molecule has 2 aliphatic heterocycles. The van der Waals surface area contributed by atoms with E-state index in [4.69, 9.17) is 0 Å². The molecule has 2 heterocycles. The quantitative estimate of drug-likeness (QED) is 0.729. The van der Waals surface area contributed by atoms with Gasteiger partial charge in [-0.05, 0) is 38.8 Å². The van der Waals surface area contributed by atoms with Gasteiger partial charge in [-0.3, -0.25) is 0 Å². The van der Waals surface area contributed by atoms with Crippen LogP contribution in [-0.2, 0) is 0 Å². The van der Waals surface area contributed by atoms with Crippen LogP contribution in [0.15, 0.2) is 0 Å². The molecule has 2 saturated heterocycles. The van der Waals surface area contributed by atoms with Gasteiger partial charge in [0, 0.05) is 26.2 Å². The largest absolute Gasteiger partial charge is 0.341 e. The van der Waals surface area contributed by atoms with E-state index in [9.17, 15) is 4.79 Å². The smallest absolute Gasteiger partial charge is 0.317 e. The maximum Gasteiger partial charge on any atom is 0.317 e. The first kappa shape index (κ1) is 11.7. The van der Waals surface area contributed by atoms with Crippen LogP contribution in [0.4, 0.5) is 4.79 Å². The molecular weight excluding hydrogens is 202 g/mol. The molecule has 0 radical (unpaired) electrons. The topological polar surface area (TPSA) is 35.6 Å². The van der Waals surface area contributed by atoms with Crippen molar-refractivity contribution in [1.29, 1.82) is 0 Å². The highest BCUT2D eigenvalue weighted by Crippen LogP contribution is 2.20. The second kappa shape index (κ2) is 5.53. The van der Waals surface area contributed by atoms with Crippen molar-refractivity contribution in [3.05, 3.63) is 0 Å². The highest BCUT2D eigenvalue weighted by Gasteiger charge is 2.26. The van der Waals surface area contributed by atoms with Crippen LogP contribution < -0.4 is 5.32 Å². The monoisotopic (exact) mass is 225 g/mol. The fourth-order valence-corrected chi connectivity index (χ4v) is 2.88. The summed E-state index contributed by atoms with van der Waals surface area (Å²) >= 11 is 0. The third-order valence-corrected chi connectivity index (χ3v) is 3.87. The summed E-state index contributed by atoms with van der Waals surface area (Å²) in [6.07, 6.45) is 6.40. The van der Waals surface area contributed by atoms with E-state index >= 15 is 0 Å². The Balaban J connectivity index is 1.78. The van der Waals surface area contributed by atoms with Crippen molar-refractivity contribution in [3.8, 4) is 0 Å². The van der Waals surface area contributed by atoms with Gasteiger partial charge in [0.25, 0.3) is 0 Å². The standard InChI is InChI=1S/C12H23N3O/c1-13-12(16)15-9-5-11(6-10-15)14-7-3-2-4-8-14/h11H,2-10H2,1H3,(H,13,16). The molecule has 0 unspecified atom stereocenters. The van der Waals surface area contributed by atoms with Crippen molar-refractivity contribution in [2.45, 2.75) is 38.1 Å². The van der Waals surface area contributed by atoms with Crippen LogP contribution in [0.2, 0.25) is 0 Å². The number of nitrogens with zero attached hydrogens (tertiary/aromatic N) is 2. The molecule has 0 aromatic rings. The van der Waals surface area contributed by atoms with Crippen LogP contribution in [0.1, 0.15) is 32.1 Å². The van der Waals surface area contributed by atoms with Crippen molar-refractivity contribution >= 4 is 6.03 Å². The lowest BCUT2D eigenvalue weighted by molar-refractivity contribution is 0.102. The molecule has 0 aromatic carbocycles. The SMILES string of the molecule is CNC(=O)N1CCC(N2CCCCC2)CC1. The number of rotatable bonds is 1. The molecule has 0 aliphatic carbocycles. The van der Waals surface area contributed by atoms with Gasteiger partial charge >= 0.3 is 6.03 Å². The van der Waals surface area contributed by atoms with E-state index in [0.29, 0.717) is 0 Å². The van der Waals surface area contributed by atoms with Crippen LogP contribution in [-0.4, -0.2) is 55.1 Å². The molecule has 2 amide bonds. The summed E-state index contributed by atoms with van der Waals surface area (Å²) in [5, 5.41) is 2.70. The zero-order chi connectivity index (χ0) is 11.4. The van der Waals surface area contributed by atoms with E-state index in [2.05, 4.69) is 10.2 Å². The van der Waals surface area contributed by atoms with Crippen LogP contribution in [0.5, 0.6) is 0 Å². The third kappa shape index (κ3) is 2.67. The summed E-state index contributed by atoms with van der Waals surface area (Å²) in [6.45, 7) is 4.37. The molecule has 2 rings (SSSR count). The first-order valence-corrected chi connectivity index (χ1v) is 6.52. The zero-order valence-electron chi connectivity index (χ0n) is 10.2. The second-order valence-corrected chi connectivity index (χ2v) is 4.87. The fourth-order valence-electron chi connectivity index (χ4n) is 2.88. The number of urea groups is 1. The maximum absolute atomic E-state index is 11.5. The van der Waals surface area contributed by atoms with Crippen molar-refractivity contribution < 1.29 is 4.79 Å². The fraction of sp³-hybridized carbons (Fsp3) is 0.917. The summed E-state index contributed by atoms with van der Waals surface area (Å²) in [5.74, 6) is 0. The molecule has 4 heteroatoms. The molecule has 0 saturated carbocycles. The van der Waals surface area contributed by atoms with Crippen LogP contribution in [0, 0.1) is 0 Å².